The van der Waals surface area contributed by atoms with E-state index in [0.717, 1.165) is 6.42 Å². The molecular formula is C10H21NO4S. The minimum Gasteiger partial charge on any atom is -0.480 e. The molecule has 0 saturated heterocycles. The zero-order valence-electron chi connectivity index (χ0n) is 10.3. The summed E-state index contributed by atoms with van der Waals surface area (Å²) < 4.78 is 24.8. The molecule has 0 rings (SSSR count). The largest absolute Gasteiger partial charge is 0.480 e. The first kappa shape index (κ1) is 15.4. The molecule has 0 fully saturated rings. The van der Waals surface area contributed by atoms with Crippen LogP contribution in [0.3, 0.4) is 0 Å². The number of unbranched alkanes of at least 4 members (excludes halogenated alkanes) is 1. The van der Waals surface area contributed by atoms with Crippen molar-refractivity contribution in [1.29, 1.82) is 0 Å². The molecule has 96 valence electrons. The summed E-state index contributed by atoms with van der Waals surface area (Å²) in [4.78, 5) is 10.9. The van der Waals surface area contributed by atoms with E-state index in [4.69, 9.17) is 5.11 Å². The Morgan fingerprint density at radius 2 is 1.88 bits per heavy atom. The highest BCUT2D eigenvalue weighted by atomic mass is 32.2. The fourth-order valence-electron chi connectivity index (χ4n) is 1.01. The van der Waals surface area contributed by atoms with Gasteiger partial charge in [0, 0.05) is 0 Å². The lowest BCUT2D eigenvalue weighted by Crippen LogP contribution is -2.47. The third kappa shape index (κ3) is 4.49. The summed E-state index contributed by atoms with van der Waals surface area (Å²) in [6.45, 7) is 6.54. The summed E-state index contributed by atoms with van der Waals surface area (Å²) >= 11 is 0. The molecule has 0 saturated carbocycles. The summed E-state index contributed by atoms with van der Waals surface area (Å²) in [5, 5.41) is 8.90. The molecule has 2 N–H and O–H groups in total. The van der Waals surface area contributed by atoms with Crippen molar-refractivity contribution in [2.75, 3.05) is 0 Å². The molecule has 0 aromatic rings. The number of carbonyl (C=O) groups is 1. The summed E-state index contributed by atoms with van der Waals surface area (Å²) in [5.74, 6) is -1.12. The second kappa shape index (κ2) is 5.63. The van der Waals surface area contributed by atoms with Gasteiger partial charge in [0.25, 0.3) is 0 Å². The summed E-state index contributed by atoms with van der Waals surface area (Å²) in [6, 6.07) is -1.02. The molecule has 0 aromatic carbocycles. The van der Waals surface area contributed by atoms with Crippen LogP contribution in [0.2, 0.25) is 0 Å². The monoisotopic (exact) mass is 251 g/mol. The molecule has 0 spiro atoms. The van der Waals surface area contributed by atoms with E-state index in [0.29, 0.717) is 12.8 Å². The standard InChI is InChI=1S/C10H21NO4S/c1-5-6-7-8(9(12)13)11-16(14,15)10(2,3)4/h8,11H,5-7H2,1-4H3,(H,12,13). The number of rotatable bonds is 6. The van der Waals surface area contributed by atoms with Gasteiger partial charge in [0.2, 0.25) is 10.0 Å². The molecule has 0 aliphatic rings. The van der Waals surface area contributed by atoms with Gasteiger partial charge in [-0.15, -0.1) is 0 Å². The molecular weight excluding hydrogens is 230 g/mol. The molecule has 0 aliphatic heterocycles. The van der Waals surface area contributed by atoms with Crippen molar-refractivity contribution < 1.29 is 18.3 Å². The Balaban J connectivity index is 4.71. The van der Waals surface area contributed by atoms with E-state index in [1.54, 1.807) is 0 Å². The van der Waals surface area contributed by atoms with Crippen LogP contribution in [0.25, 0.3) is 0 Å². The number of nitrogens with one attached hydrogen (secondary N) is 1. The third-order valence-corrected chi connectivity index (χ3v) is 4.46. The Labute approximate surface area is 97.3 Å². The molecule has 6 heteroatoms. The lowest BCUT2D eigenvalue weighted by Gasteiger charge is -2.23. The van der Waals surface area contributed by atoms with Crippen molar-refractivity contribution in [3.05, 3.63) is 0 Å². The molecule has 0 heterocycles. The van der Waals surface area contributed by atoms with E-state index in [9.17, 15) is 13.2 Å². The average Bonchev–Trinajstić information content (AvgIpc) is 2.09. The topological polar surface area (TPSA) is 83.5 Å². The smallest absolute Gasteiger partial charge is 0.321 e. The number of carboxylic acid groups (broad SMARTS) is 1. The summed E-state index contributed by atoms with van der Waals surface area (Å²) in [7, 11) is -3.60. The van der Waals surface area contributed by atoms with Gasteiger partial charge in [0.05, 0.1) is 4.75 Å². The zero-order chi connectivity index (χ0) is 13.0. The number of carboxylic acids is 1. The van der Waals surface area contributed by atoms with Crippen LogP contribution in [0, 0.1) is 0 Å². The number of sulfonamides is 1. The maximum absolute atomic E-state index is 11.8. The van der Waals surface area contributed by atoms with E-state index < -0.39 is 26.8 Å². The fourth-order valence-corrected chi connectivity index (χ4v) is 1.95. The van der Waals surface area contributed by atoms with Crippen LogP contribution in [0.1, 0.15) is 47.0 Å². The molecule has 0 amide bonds. The van der Waals surface area contributed by atoms with Gasteiger partial charge >= 0.3 is 5.97 Å². The Hall–Kier alpha value is -0.620. The molecule has 5 nitrogen and oxygen atoms in total. The highest BCUT2D eigenvalue weighted by Crippen LogP contribution is 2.15. The van der Waals surface area contributed by atoms with E-state index >= 15 is 0 Å². The SMILES string of the molecule is CCCCC(NS(=O)(=O)C(C)(C)C)C(=O)O. The molecule has 16 heavy (non-hydrogen) atoms. The second-order valence-electron chi connectivity index (χ2n) is 4.77. The van der Waals surface area contributed by atoms with Crippen molar-refractivity contribution in [3.63, 3.8) is 0 Å². The van der Waals surface area contributed by atoms with Gasteiger partial charge in [0.1, 0.15) is 6.04 Å². The minimum absolute atomic E-state index is 0.321. The van der Waals surface area contributed by atoms with Gasteiger partial charge in [-0.05, 0) is 27.2 Å². The number of aliphatic carboxylic acids is 1. The van der Waals surface area contributed by atoms with Crippen LogP contribution < -0.4 is 4.72 Å². The lowest BCUT2D eigenvalue weighted by molar-refractivity contribution is -0.139. The third-order valence-electron chi connectivity index (χ3n) is 2.25. The van der Waals surface area contributed by atoms with Crippen LogP contribution in [0.5, 0.6) is 0 Å². The first-order valence-corrected chi connectivity index (χ1v) is 6.85. The minimum atomic E-state index is -3.60. The highest BCUT2D eigenvalue weighted by Gasteiger charge is 2.33. The Morgan fingerprint density at radius 1 is 1.38 bits per heavy atom. The predicted octanol–water partition coefficient (Wildman–Crippen LogP) is 1.35. The molecule has 1 unspecified atom stereocenters. The highest BCUT2D eigenvalue weighted by molar-refractivity contribution is 7.90. The van der Waals surface area contributed by atoms with Gasteiger partial charge in [0.15, 0.2) is 0 Å². The van der Waals surface area contributed by atoms with Crippen molar-refractivity contribution in [2.45, 2.75) is 57.7 Å². The normalized spacial score (nSPS) is 14.8. The Morgan fingerprint density at radius 3 is 2.19 bits per heavy atom. The van der Waals surface area contributed by atoms with Crippen LogP contribution >= 0.6 is 0 Å². The Kier molecular flexibility index (Phi) is 5.41. The van der Waals surface area contributed by atoms with E-state index in [2.05, 4.69) is 4.72 Å². The van der Waals surface area contributed by atoms with Gasteiger partial charge in [-0.1, -0.05) is 19.8 Å². The molecule has 0 aromatic heterocycles. The Bertz CT molecular complexity index is 329. The van der Waals surface area contributed by atoms with Crippen molar-refractivity contribution in [3.8, 4) is 0 Å². The number of hydrogen-bond acceptors (Lipinski definition) is 3. The summed E-state index contributed by atoms with van der Waals surface area (Å²) in [5.41, 5.74) is 0. The van der Waals surface area contributed by atoms with E-state index in [1.807, 2.05) is 6.92 Å². The van der Waals surface area contributed by atoms with Gasteiger partial charge in [-0.2, -0.15) is 0 Å². The van der Waals surface area contributed by atoms with Crippen LogP contribution in [0.15, 0.2) is 0 Å². The van der Waals surface area contributed by atoms with Crippen LogP contribution in [-0.4, -0.2) is 30.3 Å². The van der Waals surface area contributed by atoms with Crippen molar-refractivity contribution >= 4 is 16.0 Å². The van der Waals surface area contributed by atoms with E-state index in [-0.39, 0.29) is 0 Å². The first-order chi connectivity index (χ1) is 7.12. The van der Waals surface area contributed by atoms with Crippen molar-refractivity contribution in [1.82, 2.24) is 4.72 Å². The van der Waals surface area contributed by atoms with Crippen molar-refractivity contribution in [2.24, 2.45) is 0 Å². The van der Waals surface area contributed by atoms with Gasteiger partial charge in [-0.3, -0.25) is 4.79 Å². The molecule has 0 bridgehead atoms. The predicted molar refractivity (Wildman–Crippen MR) is 62.8 cm³/mol. The van der Waals surface area contributed by atoms with E-state index in [1.165, 1.54) is 20.8 Å². The molecule has 1 atom stereocenters. The van der Waals surface area contributed by atoms with Gasteiger partial charge < -0.3 is 5.11 Å². The lowest BCUT2D eigenvalue weighted by atomic mass is 10.1. The van der Waals surface area contributed by atoms with Crippen LogP contribution in [0.4, 0.5) is 0 Å². The quantitative estimate of drug-likeness (QED) is 0.746. The summed E-state index contributed by atoms with van der Waals surface area (Å²) in [6.07, 6.45) is 1.84. The molecule has 0 aliphatic carbocycles. The maximum Gasteiger partial charge on any atom is 0.321 e. The average molecular weight is 251 g/mol. The maximum atomic E-state index is 11.8. The zero-order valence-corrected chi connectivity index (χ0v) is 11.1. The van der Waals surface area contributed by atoms with Crippen LogP contribution in [-0.2, 0) is 14.8 Å². The fraction of sp³-hybridized carbons (Fsp3) is 0.900. The van der Waals surface area contributed by atoms with Gasteiger partial charge in [-0.25, -0.2) is 13.1 Å². The second-order valence-corrected chi connectivity index (χ2v) is 7.23. The molecule has 0 radical (unpaired) electrons. The number of hydrogen-bond donors (Lipinski definition) is 2. The first-order valence-electron chi connectivity index (χ1n) is 5.36.